The number of carbonyl (C=O) groups excluding carboxylic acids is 1. The first-order valence-electron chi connectivity index (χ1n) is 11.5. The number of H-pyrrole nitrogens is 1. The minimum Gasteiger partial charge on any atom is -0.390 e. The molecule has 7 heteroatoms. The van der Waals surface area contributed by atoms with E-state index in [-0.39, 0.29) is 24.3 Å². The average molecular weight is 435 g/mol. The van der Waals surface area contributed by atoms with Gasteiger partial charge in [-0.25, -0.2) is 9.37 Å². The molecule has 0 spiro atoms. The van der Waals surface area contributed by atoms with Crippen molar-refractivity contribution in [3.8, 4) is 0 Å². The molecule has 7 rings (SSSR count). The zero-order chi connectivity index (χ0) is 21.9. The smallest absolute Gasteiger partial charge is 0.255 e. The molecule has 166 valence electrons. The standard InChI is InChI=1S/C25H27FN4O2/c26-20-4-2-1-3-15(20)12-29-24(31)19-13-28-23-18(5-6-27-23)22(19)30-21-16-7-14-8-17(21)11-25(32,9-14)10-16/h1-6,13-14,16-17,21,32H,7-12H2,(H,29,31)(H2,27,28,30)/t14?,16?,17?,21-,25+. The predicted octanol–water partition coefficient (Wildman–Crippen LogP) is 3.98. The van der Waals surface area contributed by atoms with E-state index >= 15 is 0 Å². The predicted molar refractivity (Wildman–Crippen MR) is 120 cm³/mol. The van der Waals surface area contributed by atoms with Crippen LogP contribution in [0.1, 0.15) is 48.0 Å². The van der Waals surface area contributed by atoms with E-state index in [1.807, 2.05) is 12.3 Å². The molecule has 1 aromatic carbocycles. The average Bonchev–Trinajstić information content (AvgIpc) is 3.23. The highest BCUT2D eigenvalue weighted by atomic mass is 19.1. The van der Waals surface area contributed by atoms with E-state index in [0.717, 1.165) is 48.8 Å². The van der Waals surface area contributed by atoms with Crippen molar-refractivity contribution < 1.29 is 14.3 Å². The summed E-state index contributed by atoms with van der Waals surface area (Å²) in [5.74, 6) is 0.806. The summed E-state index contributed by atoms with van der Waals surface area (Å²) in [7, 11) is 0. The number of amides is 1. The highest BCUT2D eigenvalue weighted by molar-refractivity contribution is 6.06. The second kappa shape index (κ2) is 7.30. The lowest BCUT2D eigenvalue weighted by molar-refractivity contribution is -0.129. The summed E-state index contributed by atoms with van der Waals surface area (Å²) in [6.07, 6.45) is 8.26. The summed E-state index contributed by atoms with van der Waals surface area (Å²) < 4.78 is 14.0. The number of hydrogen-bond acceptors (Lipinski definition) is 4. The molecule has 2 unspecified atom stereocenters. The molecular formula is C25H27FN4O2. The lowest BCUT2D eigenvalue weighted by atomic mass is 9.52. The van der Waals surface area contributed by atoms with Crippen molar-refractivity contribution in [3.05, 3.63) is 59.7 Å². The van der Waals surface area contributed by atoms with E-state index in [2.05, 4.69) is 20.6 Å². The lowest BCUT2D eigenvalue weighted by Crippen LogP contribution is -2.59. The van der Waals surface area contributed by atoms with Crippen LogP contribution in [-0.2, 0) is 6.54 Å². The summed E-state index contributed by atoms with van der Waals surface area (Å²) in [5, 5.41) is 18.4. The van der Waals surface area contributed by atoms with Crippen LogP contribution < -0.4 is 10.6 Å². The van der Waals surface area contributed by atoms with Gasteiger partial charge in [0.2, 0.25) is 0 Å². The molecule has 6 nitrogen and oxygen atoms in total. The number of aromatic nitrogens is 2. The number of benzene rings is 1. The van der Waals surface area contributed by atoms with Crippen LogP contribution >= 0.6 is 0 Å². The topological polar surface area (TPSA) is 90.0 Å². The third-order valence-electron chi connectivity index (χ3n) is 7.78. The van der Waals surface area contributed by atoms with Crippen LogP contribution in [-0.4, -0.2) is 32.6 Å². The van der Waals surface area contributed by atoms with Gasteiger partial charge in [0.25, 0.3) is 5.91 Å². The van der Waals surface area contributed by atoms with Gasteiger partial charge < -0.3 is 20.7 Å². The van der Waals surface area contributed by atoms with Gasteiger partial charge in [0.1, 0.15) is 11.5 Å². The Bertz CT molecular complexity index is 1180. The minimum atomic E-state index is -0.504. The van der Waals surface area contributed by atoms with Crippen LogP contribution in [0.2, 0.25) is 0 Å². The normalized spacial score (nSPS) is 30.6. The summed E-state index contributed by atoms with van der Waals surface area (Å²) >= 11 is 0. The second-order valence-corrected chi connectivity index (χ2v) is 9.93. The third-order valence-corrected chi connectivity index (χ3v) is 7.78. The van der Waals surface area contributed by atoms with Gasteiger partial charge in [-0.15, -0.1) is 0 Å². The molecule has 0 saturated heterocycles. The molecule has 2 heterocycles. The zero-order valence-corrected chi connectivity index (χ0v) is 17.8. The molecule has 4 aliphatic carbocycles. The van der Waals surface area contributed by atoms with Gasteiger partial charge >= 0.3 is 0 Å². The van der Waals surface area contributed by atoms with Gasteiger partial charge in [-0.1, -0.05) is 18.2 Å². The summed E-state index contributed by atoms with van der Waals surface area (Å²) in [5.41, 5.74) is 1.89. The molecule has 4 aliphatic rings. The Morgan fingerprint density at radius 1 is 1.19 bits per heavy atom. The second-order valence-electron chi connectivity index (χ2n) is 9.93. The van der Waals surface area contributed by atoms with Gasteiger partial charge in [0.15, 0.2) is 0 Å². The number of aromatic amines is 1. The Balaban J connectivity index is 1.29. The Morgan fingerprint density at radius 2 is 1.97 bits per heavy atom. The van der Waals surface area contributed by atoms with E-state index in [0.29, 0.717) is 28.9 Å². The Hall–Kier alpha value is -2.93. The number of halogens is 1. The summed E-state index contributed by atoms with van der Waals surface area (Å²) in [4.78, 5) is 20.7. The van der Waals surface area contributed by atoms with Gasteiger partial charge in [0, 0.05) is 35.9 Å². The van der Waals surface area contributed by atoms with Crippen LogP contribution in [0, 0.1) is 23.6 Å². The first-order chi connectivity index (χ1) is 15.5. The number of hydrogen-bond donors (Lipinski definition) is 4. The van der Waals surface area contributed by atoms with E-state index in [1.165, 1.54) is 6.07 Å². The number of rotatable bonds is 5. The van der Waals surface area contributed by atoms with Crippen molar-refractivity contribution in [3.63, 3.8) is 0 Å². The number of fused-ring (bicyclic) bond motifs is 1. The largest absolute Gasteiger partial charge is 0.390 e. The third kappa shape index (κ3) is 3.26. The summed E-state index contributed by atoms with van der Waals surface area (Å²) in [6.45, 7) is 0.111. The van der Waals surface area contributed by atoms with Crippen LogP contribution in [0.25, 0.3) is 11.0 Å². The van der Waals surface area contributed by atoms with Crippen LogP contribution in [0.5, 0.6) is 0 Å². The van der Waals surface area contributed by atoms with Crippen molar-refractivity contribution in [2.45, 2.75) is 50.3 Å². The zero-order valence-electron chi connectivity index (χ0n) is 17.8. The van der Waals surface area contributed by atoms with E-state index in [1.54, 1.807) is 24.4 Å². The molecule has 4 fully saturated rings. The number of pyridine rings is 1. The fourth-order valence-corrected chi connectivity index (χ4v) is 6.63. The van der Waals surface area contributed by atoms with Crippen molar-refractivity contribution in [1.82, 2.24) is 15.3 Å². The molecular weight excluding hydrogens is 407 g/mol. The number of nitrogens with zero attached hydrogens (tertiary/aromatic N) is 1. The molecule has 2 atom stereocenters. The highest BCUT2D eigenvalue weighted by Gasteiger charge is 2.54. The molecule has 1 amide bonds. The molecule has 4 N–H and O–H groups in total. The molecule has 2 aromatic heterocycles. The fraction of sp³-hybridized carbons (Fsp3) is 0.440. The van der Waals surface area contributed by atoms with Gasteiger partial charge in [-0.05, 0) is 62.0 Å². The van der Waals surface area contributed by atoms with Crippen molar-refractivity contribution >= 4 is 22.6 Å². The Labute approximate surface area is 185 Å². The monoisotopic (exact) mass is 434 g/mol. The lowest BCUT2D eigenvalue weighted by Gasteiger charge is -2.58. The maximum absolute atomic E-state index is 14.0. The van der Waals surface area contributed by atoms with Crippen molar-refractivity contribution in [2.24, 2.45) is 17.8 Å². The van der Waals surface area contributed by atoms with Gasteiger partial charge in [0.05, 0.1) is 16.9 Å². The number of carbonyl (C=O) groups is 1. The van der Waals surface area contributed by atoms with Gasteiger partial charge in [-0.3, -0.25) is 4.79 Å². The number of anilines is 1. The number of aliphatic hydroxyl groups is 1. The highest BCUT2D eigenvalue weighted by Crippen LogP contribution is 2.56. The molecule has 4 saturated carbocycles. The summed E-state index contributed by atoms with van der Waals surface area (Å²) in [6, 6.07) is 8.61. The van der Waals surface area contributed by atoms with Crippen LogP contribution in [0.4, 0.5) is 10.1 Å². The fourth-order valence-electron chi connectivity index (χ4n) is 6.63. The molecule has 0 radical (unpaired) electrons. The number of nitrogens with one attached hydrogen (secondary N) is 3. The minimum absolute atomic E-state index is 0.111. The SMILES string of the molecule is O=C(NCc1ccccc1F)c1cnc2[nH]ccc2c1N[C@H]1C2CC3CC1C[C@@](O)(C3)C2. The molecule has 0 aliphatic heterocycles. The van der Waals surface area contributed by atoms with E-state index in [9.17, 15) is 14.3 Å². The van der Waals surface area contributed by atoms with Crippen molar-refractivity contribution in [2.75, 3.05) is 5.32 Å². The van der Waals surface area contributed by atoms with Crippen LogP contribution in [0.15, 0.2) is 42.7 Å². The molecule has 3 aromatic rings. The van der Waals surface area contributed by atoms with Gasteiger partial charge in [-0.2, -0.15) is 0 Å². The molecule has 32 heavy (non-hydrogen) atoms. The van der Waals surface area contributed by atoms with E-state index in [4.69, 9.17) is 0 Å². The van der Waals surface area contributed by atoms with Crippen molar-refractivity contribution in [1.29, 1.82) is 0 Å². The Morgan fingerprint density at radius 3 is 2.72 bits per heavy atom. The first-order valence-corrected chi connectivity index (χ1v) is 11.5. The first kappa shape index (κ1) is 19.7. The Kier molecular flexibility index (Phi) is 4.50. The van der Waals surface area contributed by atoms with Crippen LogP contribution in [0.3, 0.4) is 0 Å². The molecule has 4 bridgehead atoms. The maximum atomic E-state index is 14.0. The van der Waals surface area contributed by atoms with E-state index < -0.39 is 5.60 Å². The quantitative estimate of drug-likeness (QED) is 0.489. The maximum Gasteiger partial charge on any atom is 0.255 e.